The Bertz CT molecular complexity index is 2670. The first-order valence-electron chi connectivity index (χ1n) is 23.0. The van der Waals surface area contributed by atoms with E-state index < -0.39 is 23.7 Å². The molecule has 2 heterocycles. The number of aliphatic hydroxyl groups excluding tert-OH is 3. The van der Waals surface area contributed by atoms with Crippen LogP contribution in [0.2, 0.25) is 0 Å². The Hall–Kier alpha value is -5.76. The summed E-state index contributed by atoms with van der Waals surface area (Å²) in [5, 5.41) is 59.1. The van der Waals surface area contributed by atoms with Gasteiger partial charge in [0.2, 0.25) is 5.75 Å². The van der Waals surface area contributed by atoms with Crippen LogP contribution in [-0.2, 0) is 18.3 Å². The van der Waals surface area contributed by atoms with Crippen molar-refractivity contribution in [1.29, 1.82) is 0 Å². The number of aliphatic hydroxyl groups is 3. The van der Waals surface area contributed by atoms with E-state index in [1.54, 1.807) is 12.1 Å². The van der Waals surface area contributed by atoms with Gasteiger partial charge in [-0.05, 0) is 90.4 Å². The van der Waals surface area contributed by atoms with E-state index in [2.05, 4.69) is 76.6 Å². The predicted molar refractivity (Wildman–Crippen MR) is 249 cm³/mol. The number of nitrogens with one attached hydrogen (secondary N) is 3. The Labute approximate surface area is 379 Å². The first-order valence-corrected chi connectivity index (χ1v) is 23.0. The molecule has 340 valence electrons. The molecule has 0 aromatic heterocycles. The van der Waals surface area contributed by atoms with Crippen molar-refractivity contribution < 1.29 is 44.1 Å². The second-order valence-electron chi connectivity index (χ2n) is 18.1. The van der Waals surface area contributed by atoms with E-state index in [4.69, 9.17) is 23.7 Å². The Morgan fingerprint density at radius 1 is 0.831 bits per heavy atom. The van der Waals surface area contributed by atoms with E-state index >= 15 is 0 Å². The normalized spacial score (nSPS) is 23.5. The molecule has 6 unspecified atom stereocenters. The highest BCUT2D eigenvalue weighted by molar-refractivity contribution is 5.93. The van der Waals surface area contributed by atoms with Gasteiger partial charge in [0, 0.05) is 70.5 Å². The molecule has 0 spiro atoms. The summed E-state index contributed by atoms with van der Waals surface area (Å²) >= 11 is 0. The van der Waals surface area contributed by atoms with Crippen molar-refractivity contribution in [2.24, 2.45) is 17.8 Å². The summed E-state index contributed by atoms with van der Waals surface area (Å²) < 4.78 is 31.5. The highest BCUT2D eigenvalue weighted by atomic mass is 16.5. The lowest BCUT2D eigenvalue weighted by molar-refractivity contribution is 0.0866. The molecule has 7 N–H and O–H groups in total. The number of phenolic OH excluding ortho intramolecular Hbond substituents is 1. The van der Waals surface area contributed by atoms with Gasteiger partial charge in [-0.3, -0.25) is 5.32 Å². The van der Waals surface area contributed by atoms with E-state index in [9.17, 15) is 20.4 Å². The second-order valence-corrected chi connectivity index (χ2v) is 18.1. The number of methoxy groups -OCH3 is 1. The highest BCUT2D eigenvalue weighted by Gasteiger charge is 2.50. The molecule has 0 saturated heterocycles. The van der Waals surface area contributed by atoms with E-state index in [0.717, 1.165) is 41.6 Å². The third-order valence-corrected chi connectivity index (χ3v) is 14.6. The molecule has 0 amide bonds. The molecule has 12 heteroatoms. The van der Waals surface area contributed by atoms with E-state index in [0.29, 0.717) is 77.5 Å². The maximum atomic E-state index is 12.6. The van der Waals surface area contributed by atoms with E-state index in [1.807, 2.05) is 32.2 Å². The van der Waals surface area contributed by atoms with Crippen LogP contribution < -0.4 is 50.1 Å². The van der Waals surface area contributed by atoms with E-state index in [1.165, 1.54) is 23.1 Å². The minimum Gasteiger partial charge on any atom is -0.502 e. The molecule has 0 radical (unpaired) electrons. The van der Waals surface area contributed by atoms with Gasteiger partial charge in [0.25, 0.3) is 0 Å². The average molecular weight is 882 g/mol. The molecule has 65 heavy (non-hydrogen) atoms. The number of aromatic hydroxyl groups is 1. The Balaban J connectivity index is 0.980. The Morgan fingerprint density at radius 2 is 1.55 bits per heavy atom. The fraction of sp³-hybridized carbons (Fsp3) is 0.396. The average Bonchev–Trinajstić information content (AvgIpc) is 3.70. The van der Waals surface area contributed by atoms with Crippen molar-refractivity contribution in [2.45, 2.75) is 56.3 Å². The van der Waals surface area contributed by atoms with Crippen molar-refractivity contribution in [3.63, 3.8) is 0 Å². The third kappa shape index (κ3) is 7.55. The van der Waals surface area contributed by atoms with Crippen LogP contribution in [0.4, 0.5) is 5.69 Å². The summed E-state index contributed by atoms with van der Waals surface area (Å²) in [7, 11) is 3.38. The van der Waals surface area contributed by atoms with Crippen LogP contribution in [0.3, 0.4) is 0 Å². The molecule has 5 aromatic carbocycles. The van der Waals surface area contributed by atoms with Crippen molar-refractivity contribution in [3.8, 4) is 45.6 Å². The summed E-state index contributed by atoms with van der Waals surface area (Å²) in [5.41, 5.74) is 7.15. The van der Waals surface area contributed by atoms with Gasteiger partial charge in [-0.1, -0.05) is 73.7 Å². The molecule has 5 aliphatic rings. The van der Waals surface area contributed by atoms with Crippen LogP contribution in [-0.4, -0.2) is 80.8 Å². The number of phenols is 1. The first-order chi connectivity index (χ1) is 31.8. The zero-order chi connectivity index (χ0) is 44.8. The predicted octanol–water partition coefficient (Wildman–Crippen LogP) is 5.56. The number of fused-ring (bicyclic) bond motifs is 4. The quantitative estimate of drug-likeness (QED) is 0.0489. The van der Waals surface area contributed by atoms with Crippen LogP contribution in [0, 0.1) is 17.8 Å². The summed E-state index contributed by atoms with van der Waals surface area (Å²) in [4.78, 5) is 0. The van der Waals surface area contributed by atoms with Gasteiger partial charge in [0.15, 0.2) is 17.7 Å². The molecule has 5 aromatic rings. The molecule has 10 rings (SSSR count). The monoisotopic (exact) mass is 881 g/mol. The van der Waals surface area contributed by atoms with Gasteiger partial charge in [-0.25, -0.2) is 0 Å². The van der Waals surface area contributed by atoms with Crippen molar-refractivity contribution in [1.82, 2.24) is 10.6 Å². The van der Waals surface area contributed by atoms with Crippen LogP contribution >= 0.6 is 0 Å². The topological polar surface area (TPSA) is 163 Å². The number of hydrogen-bond acceptors (Lipinski definition) is 12. The van der Waals surface area contributed by atoms with Crippen LogP contribution in [0.15, 0.2) is 78.9 Å². The first kappa shape index (κ1) is 43.1. The van der Waals surface area contributed by atoms with Gasteiger partial charge in [0.05, 0.1) is 32.0 Å². The smallest absolute Gasteiger partial charge is 0.200 e. The summed E-state index contributed by atoms with van der Waals surface area (Å²) in [6, 6.07) is 26.2. The van der Waals surface area contributed by atoms with E-state index in [-0.39, 0.29) is 49.7 Å². The number of benzene rings is 5. The fourth-order valence-electron chi connectivity index (χ4n) is 11.4. The zero-order valence-electron chi connectivity index (χ0n) is 37.2. The molecular formula is C53H59N3O9. The number of anilines is 1. The van der Waals surface area contributed by atoms with Crippen molar-refractivity contribution >= 4 is 17.8 Å². The van der Waals surface area contributed by atoms with Gasteiger partial charge in [0.1, 0.15) is 30.6 Å². The maximum Gasteiger partial charge on any atom is 0.200 e. The van der Waals surface area contributed by atoms with Gasteiger partial charge in [-0.2, -0.15) is 0 Å². The van der Waals surface area contributed by atoms with Gasteiger partial charge in [-0.15, -0.1) is 0 Å². The summed E-state index contributed by atoms with van der Waals surface area (Å²) in [6.07, 6.45) is 5.66. The lowest BCUT2D eigenvalue weighted by Gasteiger charge is -2.39. The SMILES string of the molecule is CCNCOc1cc(OCCNC)c2c3c1C(O)Nc1cc4c(c(c1-3)CC2)C(O)C(c1cc(OC)c(O)c(OCC(CO)C2(c3ccccc3)CC3C=c5ccccc5=CC3C2)c1)CO4. The van der Waals surface area contributed by atoms with Crippen molar-refractivity contribution in [2.75, 3.05) is 65.7 Å². The van der Waals surface area contributed by atoms with Crippen LogP contribution in [0.5, 0.6) is 34.5 Å². The molecule has 6 atom stereocenters. The Morgan fingerprint density at radius 3 is 2.26 bits per heavy atom. The number of likely N-dealkylation sites (N-methyl/N-ethyl adjacent to an activating group) is 1. The van der Waals surface area contributed by atoms with Gasteiger partial charge < -0.3 is 54.7 Å². The third-order valence-electron chi connectivity index (χ3n) is 14.6. The Kier molecular flexibility index (Phi) is 11.9. The van der Waals surface area contributed by atoms with Crippen LogP contribution in [0.1, 0.15) is 71.4 Å². The summed E-state index contributed by atoms with van der Waals surface area (Å²) in [5.74, 6) is 1.80. The zero-order valence-corrected chi connectivity index (χ0v) is 37.2. The molecule has 0 bridgehead atoms. The fourth-order valence-corrected chi connectivity index (χ4v) is 11.4. The minimum absolute atomic E-state index is 0.110. The van der Waals surface area contributed by atoms with Crippen LogP contribution in [0.25, 0.3) is 23.3 Å². The summed E-state index contributed by atoms with van der Waals surface area (Å²) in [6.45, 7) is 4.27. The minimum atomic E-state index is -1.05. The molecule has 12 nitrogen and oxygen atoms in total. The molecule has 1 saturated carbocycles. The lowest BCUT2D eigenvalue weighted by Crippen LogP contribution is -2.39. The highest BCUT2D eigenvalue weighted by Crippen LogP contribution is 2.58. The standard InChI is InChI=1S/C53H59N3O9/c1-4-55-29-65-43-23-41(62-17-16-54-2)37-14-15-38-46-40(56-52(60)49(43)48(37)46)22-42-47(38)50(58)39(28-64-42)32-20-44(61-3)51(59)45(21-32)63-27-36(26-57)53(35-12-6-5-7-13-35)24-33-18-30-10-8-9-11-31(30)19-34(33)25-53/h5-13,18-23,33-34,36,39,50,52,54-60H,4,14-17,24-29H2,1-3H3. The number of hydrogen-bond donors (Lipinski definition) is 7. The largest absolute Gasteiger partial charge is 0.502 e. The van der Waals surface area contributed by atoms with Crippen molar-refractivity contribution in [3.05, 3.63) is 123 Å². The number of ether oxygens (including phenoxy) is 5. The molecule has 2 aliphatic heterocycles. The molecule has 3 aliphatic carbocycles. The molecule has 1 fully saturated rings. The lowest BCUT2D eigenvalue weighted by atomic mass is 9.68. The molecular weight excluding hydrogens is 823 g/mol. The number of rotatable bonds is 16. The second kappa shape index (κ2) is 17.9. The van der Waals surface area contributed by atoms with Gasteiger partial charge >= 0.3 is 0 Å². The maximum absolute atomic E-state index is 12.6.